The van der Waals surface area contributed by atoms with Gasteiger partial charge in [0.15, 0.2) is 6.17 Å². The maximum Gasteiger partial charge on any atom is 0.470 e. The topological polar surface area (TPSA) is 28.1 Å². The summed E-state index contributed by atoms with van der Waals surface area (Å²) < 4.78 is 38.9. The fraction of sp³-hybridized carbons (Fsp3) is 0.533. The maximum atomic E-state index is 13.0. The Labute approximate surface area is 127 Å². The zero-order chi connectivity index (χ0) is 15.7. The van der Waals surface area contributed by atoms with Gasteiger partial charge in [-0.2, -0.15) is 13.2 Å². The third-order valence-electron chi connectivity index (χ3n) is 4.06. The zero-order valence-electron chi connectivity index (χ0n) is 12.3. The van der Waals surface area contributed by atoms with E-state index in [2.05, 4.69) is 9.89 Å². The lowest BCUT2D eigenvalue weighted by molar-refractivity contribution is -0.162. The van der Waals surface area contributed by atoms with Crippen molar-refractivity contribution >= 4 is 5.90 Å². The van der Waals surface area contributed by atoms with Gasteiger partial charge in [-0.15, -0.1) is 5.06 Å². The highest BCUT2D eigenvalue weighted by Crippen LogP contribution is 2.36. The molecule has 2 aliphatic heterocycles. The van der Waals surface area contributed by atoms with Crippen LogP contribution in [0.5, 0.6) is 0 Å². The summed E-state index contributed by atoms with van der Waals surface area (Å²) in [4.78, 5) is 11.1. The summed E-state index contributed by atoms with van der Waals surface area (Å²) in [7, 11) is 2.01. The molecule has 0 amide bonds. The SMILES string of the molecule is CN1CCC(N2OC(C(F)(F)F)=NC2c2ccccc2)CC1. The number of aliphatic imine (C=N–C) groups is 1. The van der Waals surface area contributed by atoms with E-state index in [4.69, 9.17) is 4.84 Å². The predicted octanol–water partition coefficient (Wildman–Crippen LogP) is 2.99. The minimum Gasteiger partial charge on any atom is -0.378 e. The molecule has 1 atom stereocenters. The first-order chi connectivity index (χ1) is 10.4. The van der Waals surface area contributed by atoms with Crippen LogP contribution in [0.25, 0.3) is 0 Å². The zero-order valence-corrected chi connectivity index (χ0v) is 12.3. The van der Waals surface area contributed by atoms with E-state index in [-0.39, 0.29) is 6.04 Å². The molecule has 0 radical (unpaired) electrons. The Morgan fingerprint density at radius 3 is 2.36 bits per heavy atom. The van der Waals surface area contributed by atoms with Gasteiger partial charge in [0.2, 0.25) is 0 Å². The maximum absolute atomic E-state index is 13.0. The second-order valence-electron chi connectivity index (χ2n) is 5.70. The van der Waals surface area contributed by atoms with Crippen molar-refractivity contribution in [3.63, 3.8) is 0 Å². The standard InChI is InChI=1S/C15H18F3N3O/c1-20-9-7-12(8-10-20)21-13(11-5-3-2-4-6-11)19-14(22-21)15(16,17)18/h2-6,12-13H,7-10H2,1H3. The lowest BCUT2D eigenvalue weighted by Gasteiger charge is -2.35. The molecule has 0 aromatic heterocycles. The van der Waals surface area contributed by atoms with Gasteiger partial charge in [0.1, 0.15) is 0 Å². The van der Waals surface area contributed by atoms with Gasteiger partial charge in [-0.3, -0.25) is 0 Å². The highest BCUT2D eigenvalue weighted by atomic mass is 19.4. The van der Waals surface area contributed by atoms with Gasteiger partial charge in [0.05, 0.1) is 6.04 Å². The van der Waals surface area contributed by atoms with Crippen LogP contribution >= 0.6 is 0 Å². The van der Waals surface area contributed by atoms with Gasteiger partial charge in [0, 0.05) is 0 Å². The lowest BCUT2D eigenvalue weighted by atomic mass is 10.0. The summed E-state index contributed by atoms with van der Waals surface area (Å²) in [6.07, 6.45) is -3.76. The summed E-state index contributed by atoms with van der Waals surface area (Å²) in [5, 5.41) is 1.42. The van der Waals surface area contributed by atoms with Gasteiger partial charge in [-0.1, -0.05) is 30.3 Å². The van der Waals surface area contributed by atoms with Crippen molar-refractivity contribution in [2.75, 3.05) is 20.1 Å². The Balaban J connectivity index is 1.85. The van der Waals surface area contributed by atoms with E-state index >= 15 is 0 Å². The normalized spacial score (nSPS) is 25.1. The van der Waals surface area contributed by atoms with Crippen molar-refractivity contribution in [1.29, 1.82) is 0 Å². The molecule has 22 heavy (non-hydrogen) atoms. The van der Waals surface area contributed by atoms with Crippen molar-refractivity contribution < 1.29 is 18.0 Å². The molecule has 1 aromatic carbocycles. The molecule has 3 rings (SSSR count). The van der Waals surface area contributed by atoms with Crippen molar-refractivity contribution in [1.82, 2.24) is 9.96 Å². The Morgan fingerprint density at radius 1 is 1.14 bits per heavy atom. The molecule has 0 bridgehead atoms. The van der Waals surface area contributed by atoms with E-state index in [0.717, 1.165) is 25.9 Å². The Hall–Kier alpha value is -1.60. The molecule has 1 fully saturated rings. The van der Waals surface area contributed by atoms with Crippen LogP contribution < -0.4 is 0 Å². The Kier molecular flexibility index (Phi) is 4.10. The Bertz CT molecular complexity index is 539. The third kappa shape index (κ3) is 3.10. The number of hydrogen-bond acceptors (Lipinski definition) is 4. The van der Waals surface area contributed by atoms with Gasteiger partial charge >= 0.3 is 12.1 Å². The average molecular weight is 313 g/mol. The van der Waals surface area contributed by atoms with Crippen LogP contribution in [-0.2, 0) is 4.84 Å². The fourth-order valence-electron chi connectivity index (χ4n) is 2.84. The molecule has 1 saturated heterocycles. The first kappa shape index (κ1) is 15.3. The molecular formula is C15H18F3N3O. The molecule has 0 saturated carbocycles. The van der Waals surface area contributed by atoms with Crippen LogP contribution in [0.2, 0.25) is 0 Å². The van der Waals surface area contributed by atoms with Gasteiger partial charge < -0.3 is 9.74 Å². The van der Waals surface area contributed by atoms with Crippen LogP contribution in [0.4, 0.5) is 13.2 Å². The summed E-state index contributed by atoms with van der Waals surface area (Å²) in [5.74, 6) is -1.15. The van der Waals surface area contributed by atoms with Crippen molar-refractivity contribution in [3.8, 4) is 0 Å². The summed E-state index contributed by atoms with van der Waals surface area (Å²) in [6.45, 7) is 1.68. The number of hydrogen-bond donors (Lipinski definition) is 0. The number of halogens is 3. The van der Waals surface area contributed by atoms with Crippen LogP contribution in [0.1, 0.15) is 24.6 Å². The van der Waals surface area contributed by atoms with E-state index in [1.807, 2.05) is 13.1 Å². The average Bonchev–Trinajstić information content (AvgIpc) is 2.94. The summed E-state index contributed by atoms with van der Waals surface area (Å²) >= 11 is 0. The predicted molar refractivity (Wildman–Crippen MR) is 76.1 cm³/mol. The Morgan fingerprint density at radius 2 is 1.77 bits per heavy atom. The molecule has 120 valence electrons. The molecule has 7 heteroatoms. The molecular weight excluding hydrogens is 295 g/mol. The smallest absolute Gasteiger partial charge is 0.378 e. The molecule has 1 unspecified atom stereocenters. The summed E-state index contributed by atoms with van der Waals surface area (Å²) in [5.41, 5.74) is 0.709. The first-order valence-corrected chi connectivity index (χ1v) is 7.30. The second kappa shape index (κ2) is 5.89. The lowest BCUT2D eigenvalue weighted by Crippen LogP contribution is -2.44. The van der Waals surface area contributed by atoms with E-state index in [9.17, 15) is 13.2 Å². The van der Waals surface area contributed by atoms with Crippen molar-refractivity contribution in [2.45, 2.75) is 31.2 Å². The van der Waals surface area contributed by atoms with E-state index in [0.29, 0.717) is 5.56 Å². The molecule has 0 spiro atoms. The highest BCUT2D eigenvalue weighted by Gasteiger charge is 2.48. The number of benzene rings is 1. The largest absolute Gasteiger partial charge is 0.470 e. The number of nitrogens with zero attached hydrogens (tertiary/aromatic N) is 3. The summed E-state index contributed by atoms with van der Waals surface area (Å²) in [6, 6.07) is 8.91. The van der Waals surface area contributed by atoms with Crippen molar-refractivity contribution in [3.05, 3.63) is 35.9 Å². The number of likely N-dealkylation sites (tertiary alicyclic amines) is 1. The minimum atomic E-state index is -4.56. The molecule has 0 aliphatic carbocycles. The monoisotopic (exact) mass is 313 g/mol. The number of rotatable bonds is 2. The number of piperidine rings is 1. The van der Waals surface area contributed by atoms with Gasteiger partial charge in [-0.05, 0) is 38.5 Å². The van der Waals surface area contributed by atoms with Crippen LogP contribution in [0.15, 0.2) is 35.3 Å². The molecule has 2 aliphatic rings. The third-order valence-corrected chi connectivity index (χ3v) is 4.06. The van der Waals surface area contributed by atoms with Gasteiger partial charge in [0.25, 0.3) is 0 Å². The van der Waals surface area contributed by atoms with E-state index in [1.165, 1.54) is 5.06 Å². The molecule has 4 nitrogen and oxygen atoms in total. The minimum absolute atomic E-state index is 0.0648. The fourth-order valence-corrected chi connectivity index (χ4v) is 2.84. The van der Waals surface area contributed by atoms with Gasteiger partial charge in [-0.25, -0.2) is 4.99 Å². The number of alkyl halides is 3. The van der Waals surface area contributed by atoms with Crippen LogP contribution in [0, 0.1) is 0 Å². The molecule has 2 heterocycles. The highest BCUT2D eigenvalue weighted by molar-refractivity contribution is 5.82. The van der Waals surface area contributed by atoms with E-state index < -0.39 is 18.2 Å². The molecule has 0 N–H and O–H groups in total. The van der Waals surface area contributed by atoms with Crippen LogP contribution in [-0.4, -0.2) is 48.2 Å². The van der Waals surface area contributed by atoms with Crippen molar-refractivity contribution in [2.24, 2.45) is 4.99 Å². The first-order valence-electron chi connectivity index (χ1n) is 7.30. The van der Waals surface area contributed by atoms with Crippen LogP contribution in [0.3, 0.4) is 0 Å². The second-order valence-corrected chi connectivity index (χ2v) is 5.70. The number of hydroxylamine groups is 2. The molecule has 1 aromatic rings. The van der Waals surface area contributed by atoms with E-state index in [1.54, 1.807) is 24.3 Å². The quantitative estimate of drug-likeness (QED) is 0.840.